The highest BCUT2D eigenvalue weighted by Crippen LogP contribution is 2.06. The third-order valence-electron chi connectivity index (χ3n) is 1.45. The molecule has 0 spiro atoms. The Hall–Kier alpha value is -0.520. The molecule has 0 amide bonds. The molecule has 0 aliphatic heterocycles. The van der Waals surface area contributed by atoms with Gasteiger partial charge in [-0.25, -0.2) is 0 Å². The Balaban J connectivity index is 3.45. The molecule has 0 nitrogen and oxygen atoms in total. The lowest BCUT2D eigenvalue weighted by atomic mass is 10.1. The molecular formula is C9H16. The lowest BCUT2D eigenvalue weighted by Crippen LogP contribution is -1.76. The van der Waals surface area contributed by atoms with Crippen LogP contribution in [0.5, 0.6) is 0 Å². The summed E-state index contributed by atoms with van der Waals surface area (Å²) >= 11 is 0. The van der Waals surface area contributed by atoms with E-state index in [1.165, 1.54) is 24.8 Å². The molecule has 0 fully saturated rings. The van der Waals surface area contributed by atoms with E-state index in [1.54, 1.807) is 0 Å². The molecule has 0 N–H and O–H groups in total. The highest BCUT2D eigenvalue weighted by atomic mass is 13.9. The maximum atomic E-state index is 3.72. The van der Waals surface area contributed by atoms with Gasteiger partial charge >= 0.3 is 0 Å². The predicted molar refractivity (Wildman–Crippen MR) is 43.5 cm³/mol. The fraction of sp³-hybridized carbons (Fsp3) is 0.556. The molecular weight excluding hydrogens is 108 g/mol. The van der Waals surface area contributed by atoms with Gasteiger partial charge in [-0.2, -0.15) is 0 Å². The summed E-state index contributed by atoms with van der Waals surface area (Å²) in [5.74, 6) is 0. The smallest absolute Gasteiger partial charge is 0.0282 e. The first-order valence-electron chi connectivity index (χ1n) is 3.62. The van der Waals surface area contributed by atoms with E-state index >= 15 is 0 Å². The summed E-state index contributed by atoms with van der Waals surface area (Å²) in [5, 5.41) is 0. The van der Waals surface area contributed by atoms with E-state index in [2.05, 4.69) is 26.5 Å². The van der Waals surface area contributed by atoms with Gasteiger partial charge in [0.15, 0.2) is 0 Å². The maximum Gasteiger partial charge on any atom is -0.0282 e. The number of hydrogen-bond acceptors (Lipinski definition) is 0. The van der Waals surface area contributed by atoms with Gasteiger partial charge in [0.25, 0.3) is 0 Å². The summed E-state index contributed by atoms with van der Waals surface area (Å²) in [6, 6.07) is 0. The standard InChI is InChI=1S/C9H16/c1-4-7-8-9(5-2)6-3/h5-6H,2,4,7-8H2,1,3H3. The van der Waals surface area contributed by atoms with Crippen molar-refractivity contribution in [2.45, 2.75) is 33.1 Å². The molecule has 0 atom stereocenters. The molecule has 0 aromatic heterocycles. The third-order valence-corrected chi connectivity index (χ3v) is 1.45. The van der Waals surface area contributed by atoms with Crippen LogP contribution < -0.4 is 0 Å². The van der Waals surface area contributed by atoms with Crippen molar-refractivity contribution in [3.8, 4) is 0 Å². The normalized spacial score (nSPS) is 11.6. The van der Waals surface area contributed by atoms with E-state index < -0.39 is 0 Å². The summed E-state index contributed by atoms with van der Waals surface area (Å²) in [6.45, 7) is 7.98. The molecule has 0 aliphatic carbocycles. The van der Waals surface area contributed by atoms with Gasteiger partial charge in [0.2, 0.25) is 0 Å². The van der Waals surface area contributed by atoms with Gasteiger partial charge in [-0.05, 0) is 19.8 Å². The van der Waals surface area contributed by atoms with E-state index in [0.717, 1.165) is 0 Å². The van der Waals surface area contributed by atoms with Crippen LogP contribution in [-0.2, 0) is 0 Å². The Kier molecular flexibility index (Phi) is 5.29. The first kappa shape index (κ1) is 8.48. The van der Waals surface area contributed by atoms with Crippen LogP contribution in [0.1, 0.15) is 33.1 Å². The minimum atomic E-state index is 1.19. The summed E-state index contributed by atoms with van der Waals surface area (Å²) < 4.78 is 0. The second-order valence-corrected chi connectivity index (χ2v) is 2.17. The molecule has 0 heteroatoms. The van der Waals surface area contributed by atoms with Gasteiger partial charge in [0.1, 0.15) is 0 Å². The van der Waals surface area contributed by atoms with Crippen molar-refractivity contribution >= 4 is 0 Å². The Morgan fingerprint density at radius 1 is 1.56 bits per heavy atom. The first-order chi connectivity index (χ1) is 4.35. The molecule has 52 valence electrons. The van der Waals surface area contributed by atoms with Crippen LogP contribution in [0, 0.1) is 0 Å². The number of unbranched alkanes of at least 4 members (excludes halogenated alkanes) is 1. The molecule has 0 saturated carbocycles. The van der Waals surface area contributed by atoms with Crippen molar-refractivity contribution in [3.05, 3.63) is 24.3 Å². The summed E-state index contributed by atoms with van der Waals surface area (Å²) in [4.78, 5) is 0. The van der Waals surface area contributed by atoms with E-state index in [9.17, 15) is 0 Å². The minimum absolute atomic E-state index is 1.19. The van der Waals surface area contributed by atoms with Gasteiger partial charge in [-0.3, -0.25) is 0 Å². The summed E-state index contributed by atoms with van der Waals surface area (Å²) in [5.41, 5.74) is 1.37. The van der Waals surface area contributed by atoms with Crippen LogP contribution in [0.2, 0.25) is 0 Å². The van der Waals surface area contributed by atoms with Gasteiger partial charge in [0.05, 0.1) is 0 Å². The Labute approximate surface area is 58.3 Å². The lowest BCUT2D eigenvalue weighted by molar-refractivity contribution is 0.797. The number of rotatable bonds is 4. The van der Waals surface area contributed by atoms with Crippen molar-refractivity contribution in [2.75, 3.05) is 0 Å². The third kappa shape index (κ3) is 4.01. The molecule has 0 aliphatic rings. The largest absolute Gasteiger partial charge is 0.0988 e. The minimum Gasteiger partial charge on any atom is -0.0988 e. The van der Waals surface area contributed by atoms with E-state index in [4.69, 9.17) is 0 Å². The van der Waals surface area contributed by atoms with Gasteiger partial charge in [-0.1, -0.05) is 37.6 Å². The van der Waals surface area contributed by atoms with Crippen LogP contribution in [0.25, 0.3) is 0 Å². The highest BCUT2D eigenvalue weighted by molar-refractivity contribution is 5.14. The van der Waals surface area contributed by atoms with Gasteiger partial charge < -0.3 is 0 Å². The van der Waals surface area contributed by atoms with Crippen LogP contribution in [-0.4, -0.2) is 0 Å². The van der Waals surface area contributed by atoms with Crippen molar-refractivity contribution < 1.29 is 0 Å². The Morgan fingerprint density at radius 3 is 2.56 bits per heavy atom. The lowest BCUT2D eigenvalue weighted by Gasteiger charge is -1.96. The zero-order valence-electron chi connectivity index (χ0n) is 6.48. The zero-order valence-corrected chi connectivity index (χ0v) is 6.48. The van der Waals surface area contributed by atoms with Crippen molar-refractivity contribution in [2.24, 2.45) is 0 Å². The Morgan fingerprint density at radius 2 is 2.22 bits per heavy atom. The Bertz CT molecular complexity index is 98.6. The van der Waals surface area contributed by atoms with Crippen LogP contribution >= 0.6 is 0 Å². The fourth-order valence-corrected chi connectivity index (χ4v) is 0.745. The number of allylic oxidation sites excluding steroid dienone is 3. The SMILES string of the molecule is C=CC(=CC)CCCC. The molecule has 9 heavy (non-hydrogen) atoms. The van der Waals surface area contributed by atoms with E-state index in [-0.39, 0.29) is 0 Å². The van der Waals surface area contributed by atoms with Crippen molar-refractivity contribution in [3.63, 3.8) is 0 Å². The molecule has 0 rings (SSSR count). The monoisotopic (exact) mass is 124 g/mol. The molecule has 0 bridgehead atoms. The predicted octanol–water partition coefficient (Wildman–Crippen LogP) is 3.31. The van der Waals surface area contributed by atoms with Crippen LogP contribution in [0.4, 0.5) is 0 Å². The van der Waals surface area contributed by atoms with Gasteiger partial charge in [0, 0.05) is 0 Å². The molecule has 0 saturated heterocycles. The average Bonchev–Trinajstić information content (AvgIpc) is 1.91. The molecule has 0 unspecified atom stereocenters. The summed E-state index contributed by atoms with van der Waals surface area (Å²) in [6.07, 6.45) is 7.81. The second-order valence-electron chi connectivity index (χ2n) is 2.17. The van der Waals surface area contributed by atoms with Crippen molar-refractivity contribution in [1.29, 1.82) is 0 Å². The maximum absolute atomic E-state index is 3.72. The van der Waals surface area contributed by atoms with E-state index in [1.807, 2.05) is 6.08 Å². The fourth-order valence-electron chi connectivity index (χ4n) is 0.745. The second kappa shape index (κ2) is 5.61. The average molecular weight is 124 g/mol. The van der Waals surface area contributed by atoms with E-state index in [0.29, 0.717) is 0 Å². The quantitative estimate of drug-likeness (QED) is 0.504. The molecule has 0 radical (unpaired) electrons. The van der Waals surface area contributed by atoms with Crippen LogP contribution in [0.3, 0.4) is 0 Å². The zero-order chi connectivity index (χ0) is 7.11. The summed E-state index contributed by atoms with van der Waals surface area (Å²) in [7, 11) is 0. The van der Waals surface area contributed by atoms with Crippen molar-refractivity contribution in [1.82, 2.24) is 0 Å². The molecule has 0 heterocycles. The van der Waals surface area contributed by atoms with Crippen LogP contribution in [0.15, 0.2) is 24.3 Å². The first-order valence-corrected chi connectivity index (χ1v) is 3.62. The topological polar surface area (TPSA) is 0 Å². The highest BCUT2D eigenvalue weighted by Gasteiger charge is 1.86. The van der Waals surface area contributed by atoms with Gasteiger partial charge in [-0.15, -0.1) is 0 Å². The molecule has 0 aromatic carbocycles. The molecule has 0 aromatic rings. The number of hydrogen-bond donors (Lipinski definition) is 0.